The molecule has 1 aliphatic heterocycles. The highest BCUT2D eigenvalue weighted by atomic mass is 19.1. The molecular weight excluding hydrogens is 262 g/mol. The van der Waals surface area contributed by atoms with Crippen LogP contribution in [0.2, 0.25) is 0 Å². The highest BCUT2D eigenvalue weighted by molar-refractivity contribution is 5.95. The first-order valence-electron chi connectivity index (χ1n) is 7.06. The van der Waals surface area contributed by atoms with Crippen LogP contribution < -0.4 is 5.32 Å². The molecule has 0 aromatic heterocycles. The van der Waals surface area contributed by atoms with Gasteiger partial charge in [0.25, 0.3) is 5.91 Å². The lowest BCUT2D eigenvalue weighted by atomic mass is 10.0. The predicted molar refractivity (Wildman–Crippen MR) is 72.6 cm³/mol. The highest BCUT2D eigenvalue weighted by Gasteiger charge is 2.38. The lowest BCUT2D eigenvalue weighted by Crippen LogP contribution is -2.29. The molecule has 108 valence electrons. The number of fused-ring (bicyclic) bond motifs is 1. The van der Waals surface area contributed by atoms with Crippen molar-refractivity contribution < 1.29 is 13.6 Å². The van der Waals surface area contributed by atoms with Crippen LogP contribution in [0.5, 0.6) is 0 Å². The summed E-state index contributed by atoms with van der Waals surface area (Å²) in [5, 5.41) is 2.46. The van der Waals surface area contributed by atoms with Gasteiger partial charge in [0, 0.05) is 25.7 Å². The number of benzene rings is 1. The van der Waals surface area contributed by atoms with Crippen LogP contribution in [-0.2, 0) is 0 Å². The van der Waals surface area contributed by atoms with E-state index < -0.39 is 11.6 Å². The third-order valence-electron chi connectivity index (χ3n) is 4.55. The first-order chi connectivity index (χ1) is 9.60. The molecule has 0 spiro atoms. The Hall–Kier alpha value is -1.65. The van der Waals surface area contributed by atoms with Gasteiger partial charge < -0.3 is 10.2 Å². The third kappa shape index (κ3) is 2.15. The average molecular weight is 280 g/mol. The molecule has 1 aromatic rings. The van der Waals surface area contributed by atoms with Gasteiger partial charge in [0.05, 0.1) is 0 Å². The third-order valence-corrected chi connectivity index (χ3v) is 4.55. The Labute approximate surface area is 117 Å². The zero-order chi connectivity index (χ0) is 14.3. The predicted octanol–water partition coefficient (Wildman–Crippen LogP) is 2.88. The van der Waals surface area contributed by atoms with Gasteiger partial charge in [-0.15, -0.1) is 0 Å². The summed E-state index contributed by atoms with van der Waals surface area (Å²) in [5.41, 5.74) is -0.0983. The topological polar surface area (TPSA) is 32.3 Å². The number of hydrogen-bond donors (Lipinski definition) is 1. The molecule has 2 unspecified atom stereocenters. The Balaban J connectivity index is 1.81. The van der Waals surface area contributed by atoms with Crippen molar-refractivity contribution >= 4 is 11.6 Å². The monoisotopic (exact) mass is 280 g/mol. The fraction of sp³-hybridized carbons (Fsp3) is 0.533. The van der Waals surface area contributed by atoms with Crippen molar-refractivity contribution in [3.63, 3.8) is 0 Å². The Morgan fingerprint density at radius 2 is 1.75 bits per heavy atom. The number of anilines is 1. The molecule has 1 amide bonds. The minimum Gasteiger partial charge on any atom is -0.383 e. The Kier molecular flexibility index (Phi) is 3.36. The number of amides is 1. The number of rotatable bonds is 2. The fourth-order valence-corrected chi connectivity index (χ4v) is 3.52. The molecule has 20 heavy (non-hydrogen) atoms. The largest absolute Gasteiger partial charge is 0.383 e. The van der Waals surface area contributed by atoms with Gasteiger partial charge in [-0.25, -0.2) is 8.78 Å². The molecule has 2 fully saturated rings. The summed E-state index contributed by atoms with van der Waals surface area (Å²) in [7, 11) is 1.45. The van der Waals surface area contributed by atoms with Gasteiger partial charge in [-0.2, -0.15) is 0 Å². The molecule has 2 aliphatic rings. The van der Waals surface area contributed by atoms with Gasteiger partial charge in [0.2, 0.25) is 0 Å². The van der Waals surface area contributed by atoms with E-state index in [9.17, 15) is 13.6 Å². The SMILES string of the molecule is CNc1c(F)cc(C(=O)N2CC3CCCC3C2)cc1F. The van der Waals surface area contributed by atoms with Crippen LogP contribution in [0.3, 0.4) is 0 Å². The molecule has 1 N–H and O–H groups in total. The van der Waals surface area contributed by atoms with Crippen LogP contribution in [0.15, 0.2) is 12.1 Å². The van der Waals surface area contributed by atoms with Crippen LogP contribution in [0.4, 0.5) is 14.5 Å². The zero-order valence-electron chi connectivity index (χ0n) is 11.5. The van der Waals surface area contributed by atoms with Crippen LogP contribution in [0.25, 0.3) is 0 Å². The van der Waals surface area contributed by atoms with Gasteiger partial charge in [0.15, 0.2) is 0 Å². The number of carbonyl (C=O) groups is 1. The molecule has 0 bridgehead atoms. The van der Waals surface area contributed by atoms with E-state index in [-0.39, 0.29) is 17.2 Å². The number of carbonyl (C=O) groups excluding carboxylic acids is 1. The molecule has 1 saturated carbocycles. The van der Waals surface area contributed by atoms with Crippen LogP contribution >= 0.6 is 0 Å². The van der Waals surface area contributed by atoms with Gasteiger partial charge >= 0.3 is 0 Å². The van der Waals surface area contributed by atoms with E-state index in [2.05, 4.69) is 5.32 Å². The van der Waals surface area contributed by atoms with Gasteiger partial charge in [0.1, 0.15) is 17.3 Å². The van der Waals surface area contributed by atoms with E-state index in [0.717, 1.165) is 38.1 Å². The first-order valence-corrected chi connectivity index (χ1v) is 7.06. The normalized spacial score (nSPS) is 24.9. The molecular formula is C15H18F2N2O. The Morgan fingerprint density at radius 3 is 2.25 bits per heavy atom. The maximum atomic E-state index is 13.7. The molecule has 3 nitrogen and oxygen atoms in total. The quantitative estimate of drug-likeness (QED) is 0.903. The maximum Gasteiger partial charge on any atom is 0.254 e. The Bertz CT molecular complexity index is 512. The second kappa shape index (κ2) is 5.04. The number of halogens is 2. The number of nitrogens with one attached hydrogen (secondary N) is 1. The lowest BCUT2D eigenvalue weighted by Gasteiger charge is -2.18. The highest BCUT2D eigenvalue weighted by Crippen LogP contribution is 2.38. The van der Waals surface area contributed by atoms with E-state index in [1.165, 1.54) is 13.5 Å². The van der Waals surface area contributed by atoms with Crippen LogP contribution in [-0.4, -0.2) is 30.9 Å². The summed E-state index contributed by atoms with van der Waals surface area (Å²) < 4.78 is 27.4. The number of nitrogens with zero attached hydrogens (tertiary/aromatic N) is 1. The van der Waals surface area contributed by atoms with Crippen molar-refractivity contribution in [1.29, 1.82) is 0 Å². The standard InChI is InChI=1S/C15H18F2N2O/c1-18-14-12(16)5-11(6-13(14)17)15(20)19-7-9-3-2-4-10(9)8-19/h5-6,9-10,18H,2-4,7-8H2,1H3. The molecule has 1 aliphatic carbocycles. The molecule has 0 radical (unpaired) electrons. The summed E-state index contributed by atoms with van der Waals surface area (Å²) >= 11 is 0. The van der Waals surface area contributed by atoms with E-state index >= 15 is 0 Å². The van der Waals surface area contributed by atoms with Crippen molar-refractivity contribution in [2.75, 3.05) is 25.5 Å². The van der Waals surface area contributed by atoms with Crippen molar-refractivity contribution in [1.82, 2.24) is 4.90 Å². The molecule has 1 saturated heterocycles. The minimum atomic E-state index is -0.727. The maximum absolute atomic E-state index is 13.7. The molecule has 1 aromatic carbocycles. The second-order valence-corrected chi connectivity index (χ2v) is 5.73. The number of hydrogen-bond acceptors (Lipinski definition) is 2. The van der Waals surface area contributed by atoms with Crippen molar-refractivity contribution in [3.05, 3.63) is 29.3 Å². The van der Waals surface area contributed by atoms with E-state index in [0.29, 0.717) is 11.8 Å². The summed E-state index contributed by atoms with van der Waals surface area (Å²) in [5.74, 6) is -0.569. The summed E-state index contributed by atoms with van der Waals surface area (Å²) in [6.45, 7) is 1.45. The van der Waals surface area contributed by atoms with Crippen molar-refractivity contribution in [3.8, 4) is 0 Å². The number of likely N-dealkylation sites (tertiary alicyclic amines) is 1. The Morgan fingerprint density at radius 1 is 1.20 bits per heavy atom. The summed E-state index contributed by atoms with van der Waals surface area (Å²) in [4.78, 5) is 14.1. The van der Waals surface area contributed by atoms with Crippen LogP contribution in [0, 0.1) is 23.5 Å². The molecule has 1 heterocycles. The smallest absolute Gasteiger partial charge is 0.254 e. The fourth-order valence-electron chi connectivity index (χ4n) is 3.52. The van der Waals surface area contributed by atoms with Gasteiger partial charge in [-0.3, -0.25) is 4.79 Å². The molecule has 2 atom stereocenters. The van der Waals surface area contributed by atoms with Crippen LogP contribution in [0.1, 0.15) is 29.6 Å². The molecule has 3 rings (SSSR count). The molecule has 5 heteroatoms. The summed E-state index contributed by atoms with van der Waals surface area (Å²) in [6.07, 6.45) is 3.56. The van der Waals surface area contributed by atoms with E-state index in [1.807, 2.05) is 0 Å². The van der Waals surface area contributed by atoms with Crippen molar-refractivity contribution in [2.24, 2.45) is 11.8 Å². The van der Waals surface area contributed by atoms with Crippen molar-refractivity contribution in [2.45, 2.75) is 19.3 Å². The second-order valence-electron chi connectivity index (χ2n) is 5.73. The lowest BCUT2D eigenvalue weighted by molar-refractivity contribution is 0.0779. The first kappa shape index (κ1) is 13.3. The van der Waals surface area contributed by atoms with E-state index in [1.54, 1.807) is 4.90 Å². The summed E-state index contributed by atoms with van der Waals surface area (Å²) in [6, 6.07) is 2.23. The van der Waals surface area contributed by atoms with Gasteiger partial charge in [-0.1, -0.05) is 6.42 Å². The minimum absolute atomic E-state index is 0.0963. The zero-order valence-corrected chi connectivity index (χ0v) is 11.5. The van der Waals surface area contributed by atoms with Gasteiger partial charge in [-0.05, 0) is 36.8 Å². The van der Waals surface area contributed by atoms with E-state index in [4.69, 9.17) is 0 Å². The average Bonchev–Trinajstić information content (AvgIpc) is 2.98.